The Morgan fingerprint density at radius 1 is 0.750 bits per heavy atom. The van der Waals surface area contributed by atoms with Crippen molar-refractivity contribution in [1.29, 1.82) is 0 Å². The fourth-order valence-corrected chi connectivity index (χ4v) is 2.51. The van der Waals surface area contributed by atoms with E-state index in [9.17, 15) is 9.59 Å². The van der Waals surface area contributed by atoms with Crippen LogP contribution in [0.5, 0.6) is 0 Å². The molecule has 0 unspecified atom stereocenters. The van der Waals surface area contributed by atoms with Gasteiger partial charge in [0.25, 0.3) is 0 Å². The molecule has 0 spiro atoms. The SMILES string of the molecule is CCOC(=O)CC(=O)OCC.c1ccc(Sc2ccccc2)cc1. The van der Waals surface area contributed by atoms with Crippen molar-refractivity contribution in [2.45, 2.75) is 30.1 Å². The summed E-state index contributed by atoms with van der Waals surface area (Å²) in [6.07, 6.45) is -0.290. The quantitative estimate of drug-likeness (QED) is 0.575. The zero-order valence-electron chi connectivity index (χ0n) is 13.9. The predicted octanol–water partition coefficient (Wildman–Crippen LogP) is 4.34. The van der Waals surface area contributed by atoms with Crippen molar-refractivity contribution >= 4 is 23.7 Å². The zero-order valence-corrected chi connectivity index (χ0v) is 14.8. The van der Waals surface area contributed by atoms with Gasteiger partial charge in [-0.05, 0) is 38.1 Å². The Balaban J connectivity index is 0.000000245. The van der Waals surface area contributed by atoms with Crippen LogP contribution in [0.3, 0.4) is 0 Å². The van der Waals surface area contributed by atoms with Crippen molar-refractivity contribution in [3.8, 4) is 0 Å². The lowest BCUT2D eigenvalue weighted by Gasteiger charge is -2.00. The van der Waals surface area contributed by atoms with Gasteiger partial charge in [-0.25, -0.2) is 0 Å². The molecule has 0 saturated heterocycles. The highest BCUT2D eigenvalue weighted by molar-refractivity contribution is 7.99. The molecular weight excluding hydrogens is 324 g/mol. The minimum atomic E-state index is -0.536. The van der Waals surface area contributed by atoms with Gasteiger partial charge in [-0.1, -0.05) is 48.2 Å². The molecule has 2 aromatic rings. The van der Waals surface area contributed by atoms with Crippen LogP contribution in [0.4, 0.5) is 0 Å². The normalized spacial score (nSPS) is 9.42. The average molecular weight is 346 g/mol. The van der Waals surface area contributed by atoms with Crippen molar-refractivity contribution in [2.24, 2.45) is 0 Å². The van der Waals surface area contributed by atoms with E-state index < -0.39 is 11.9 Å². The molecule has 4 nitrogen and oxygen atoms in total. The molecule has 0 aliphatic heterocycles. The minimum Gasteiger partial charge on any atom is -0.466 e. The van der Waals surface area contributed by atoms with Gasteiger partial charge in [0.2, 0.25) is 0 Å². The maximum atomic E-state index is 10.6. The first-order valence-corrected chi connectivity index (χ1v) is 8.56. The molecule has 0 N–H and O–H groups in total. The highest BCUT2D eigenvalue weighted by Crippen LogP contribution is 2.26. The molecule has 0 bridgehead atoms. The summed E-state index contributed by atoms with van der Waals surface area (Å²) in [5.74, 6) is -1.07. The highest BCUT2D eigenvalue weighted by atomic mass is 32.2. The Kier molecular flexibility index (Phi) is 10.0. The molecular formula is C19H22O4S. The van der Waals surface area contributed by atoms with Gasteiger partial charge >= 0.3 is 11.9 Å². The second-order valence-corrected chi connectivity index (χ2v) is 5.66. The fourth-order valence-electron chi connectivity index (χ4n) is 1.66. The summed E-state index contributed by atoms with van der Waals surface area (Å²) in [7, 11) is 0. The molecule has 0 fully saturated rings. The van der Waals surface area contributed by atoms with E-state index in [2.05, 4.69) is 58.0 Å². The lowest BCUT2D eigenvalue weighted by atomic mass is 10.4. The first kappa shape index (κ1) is 19.8. The zero-order chi connectivity index (χ0) is 17.6. The third kappa shape index (κ3) is 9.00. The Morgan fingerprint density at radius 2 is 1.12 bits per heavy atom. The van der Waals surface area contributed by atoms with Gasteiger partial charge in [-0.15, -0.1) is 0 Å². The molecule has 2 aromatic carbocycles. The molecule has 0 aromatic heterocycles. The van der Waals surface area contributed by atoms with Crippen molar-refractivity contribution in [3.05, 3.63) is 60.7 Å². The van der Waals surface area contributed by atoms with Crippen LogP contribution < -0.4 is 0 Å². The third-order valence-electron chi connectivity index (χ3n) is 2.62. The average Bonchev–Trinajstić information content (AvgIpc) is 2.58. The van der Waals surface area contributed by atoms with E-state index in [1.54, 1.807) is 25.6 Å². The summed E-state index contributed by atoms with van der Waals surface area (Å²) in [6.45, 7) is 3.95. The van der Waals surface area contributed by atoms with Crippen LogP contribution in [0, 0.1) is 0 Å². The summed E-state index contributed by atoms with van der Waals surface area (Å²) in [5.41, 5.74) is 0. The number of hydrogen-bond acceptors (Lipinski definition) is 5. The standard InChI is InChI=1S/C12H10S.C7H12O4/c1-3-7-11(8-4-1)13-12-9-5-2-6-10-12;1-3-10-6(8)5-7(9)11-4-2/h1-10H;3-5H2,1-2H3. The second-order valence-electron chi connectivity index (χ2n) is 4.51. The molecule has 24 heavy (non-hydrogen) atoms. The number of ether oxygens (including phenoxy) is 2. The van der Waals surface area contributed by atoms with Gasteiger partial charge in [-0.2, -0.15) is 0 Å². The van der Waals surface area contributed by atoms with Gasteiger partial charge in [0.05, 0.1) is 13.2 Å². The molecule has 0 amide bonds. The number of carbonyl (C=O) groups excluding carboxylic acids is 2. The van der Waals surface area contributed by atoms with E-state index in [4.69, 9.17) is 0 Å². The van der Waals surface area contributed by atoms with Crippen molar-refractivity contribution < 1.29 is 19.1 Å². The highest BCUT2D eigenvalue weighted by Gasteiger charge is 2.09. The maximum absolute atomic E-state index is 10.6. The van der Waals surface area contributed by atoms with Crippen LogP contribution in [0.25, 0.3) is 0 Å². The molecule has 0 atom stereocenters. The van der Waals surface area contributed by atoms with E-state index in [-0.39, 0.29) is 19.6 Å². The van der Waals surface area contributed by atoms with E-state index in [0.717, 1.165) is 0 Å². The number of benzene rings is 2. The van der Waals surface area contributed by atoms with E-state index in [1.807, 2.05) is 12.1 Å². The Labute approximate surface area is 147 Å². The van der Waals surface area contributed by atoms with E-state index in [0.29, 0.717) is 0 Å². The molecule has 0 heterocycles. The summed E-state index contributed by atoms with van der Waals surface area (Å²) in [5, 5.41) is 0. The second kappa shape index (κ2) is 12.2. The van der Waals surface area contributed by atoms with E-state index >= 15 is 0 Å². The third-order valence-corrected chi connectivity index (χ3v) is 3.64. The van der Waals surface area contributed by atoms with Crippen molar-refractivity contribution in [1.82, 2.24) is 0 Å². The Hall–Kier alpha value is -2.27. The number of esters is 2. The largest absolute Gasteiger partial charge is 0.466 e. The molecule has 128 valence electrons. The maximum Gasteiger partial charge on any atom is 0.317 e. The van der Waals surface area contributed by atoms with Gasteiger partial charge in [0.1, 0.15) is 6.42 Å². The Bertz CT molecular complexity index is 546. The van der Waals surface area contributed by atoms with Crippen LogP contribution in [0.15, 0.2) is 70.5 Å². The van der Waals surface area contributed by atoms with Gasteiger partial charge in [0, 0.05) is 9.79 Å². The van der Waals surface area contributed by atoms with Crippen LogP contribution in [0.2, 0.25) is 0 Å². The first-order chi connectivity index (χ1) is 11.7. The number of carbonyl (C=O) groups is 2. The molecule has 2 rings (SSSR count). The van der Waals surface area contributed by atoms with Crippen LogP contribution in [0.1, 0.15) is 20.3 Å². The fraction of sp³-hybridized carbons (Fsp3) is 0.263. The van der Waals surface area contributed by atoms with Crippen LogP contribution in [-0.2, 0) is 19.1 Å². The summed E-state index contributed by atoms with van der Waals surface area (Å²) in [4.78, 5) is 23.8. The number of rotatable bonds is 6. The molecule has 0 radical (unpaired) electrons. The summed E-state index contributed by atoms with van der Waals surface area (Å²) >= 11 is 1.79. The summed E-state index contributed by atoms with van der Waals surface area (Å²) < 4.78 is 9.04. The lowest BCUT2D eigenvalue weighted by molar-refractivity contribution is -0.153. The molecule has 0 aliphatic carbocycles. The molecule has 0 aliphatic rings. The summed E-state index contributed by atoms with van der Waals surface area (Å²) in [6, 6.07) is 20.8. The van der Waals surface area contributed by atoms with Crippen LogP contribution >= 0.6 is 11.8 Å². The van der Waals surface area contributed by atoms with Crippen LogP contribution in [-0.4, -0.2) is 25.2 Å². The molecule has 5 heteroatoms. The van der Waals surface area contributed by atoms with Gasteiger partial charge < -0.3 is 9.47 Å². The minimum absolute atomic E-state index is 0.290. The smallest absolute Gasteiger partial charge is 0.317 e. The predicted molar refractivity (Wildman–Crippen MR) is 94.9 cm³/mol. The number of hydrogen-bond donors (Lipinski definition) is 0. The Morgan fingerprint density at radius 3 is 1.46 bits per heavy atom. The van der Waals surface area contributed by atoms with Gasteiger partial charge in [-0.3, -0.25) is 9.59 Å². The van der Waals surface area contributed by atoms with E-state index in [1.165, 1.54) is 9.79 Å². The monoisotopic (exact) mass is 346 g/mol. The lowest BCUT2D eigenvalue weighted by Crippen LogP contribution is -2.13. The van der Waals surface area contributed by atoms with Gasteiger partial charge in [0.15, 0.2) is 0 Å². The van der Waals surface area contributed by atoms with Crippen molar-refractivity contribution in [3.63, 3.8) is 0 Å². The molecule has 0 saturated carbocycles. The first-order valence-electron chi connectivity index (χ1n) is 7.74. The van der Waals surface area contributed by atoms with Crippen molar-refractivity contribution in [2.75, 3.05) is 13.2 Å². The topological polar surface area (TPSA) is 52.6 Å².